The van der Waals surface area contributed by atoms with Gasteiger partial charge in [-0.2, -0.15) is 0 Å². The van der Waals surface area contributed by atoms with Crippen LogP contribution >= 0.6 is 63.7 Å². The summed E-state index contributed by atoms with van der Waals surface area (Å²) in [5.41, 5.74) is 9.84. The van der Waals surface area contributed by atoms with Gasteiger partial charge in [-0.25, -0.2) is 15.0 Å². The number of methoxy groups -OCH3 is 2. The lowest BCUT2D eigenvalue weighted by molar-refractivity contribution is -0.127. The van der Waals surface area contributed by atoms with Crippen LogP contribution in [0.25, 0.3) is 16.9 Å². The maximum atomic E-state index is 12.0. The number of hydrogen-bond acceptors (Lipinski definition) is 11. The fourth-order valence-electron chi connectivity index (χ4n) is 11.7. The molecule has 6 heterocycles. The number of benzene rings is 2. The number of pyridine rings is 3. The molecule has 5 aliphatic rings. The molecule has 13 rings (SSSR count). The van der Waals surface area contributed by atoms with Crippen LogP contribution in [0, 0.1) is 0 Å². The molecule has 2 atom stereocenters. The zero-order chi connectivity index (χ0) is 57.9. The standard InChI is InChI=1S/C19H19BrN2O2.C19H19BrN2O.C12H11BrN2O.C7H9BrO2.C7H10O2/c1-24-16-8-3-2-6-14(16)19(23)11-5-4-7-15-18(19)22-12-13(20)9-10-17(22)21-15;1-23-17-9-5-3-6-14(17)15-7-2-4-8-16-19(15)22-12-13(20)10-11-18(22)21-16;13-8-5-6-11-14-9-3-1-2-4-10(16)12(9)15(11)7-8;8-7-5(9)3-1-2-4-6(7)10;8-6-3-1-2-4-7(9)5-6/h2-3,6,8-10,12,23H,4-5,7,11H2,1H3;3,5-6,9-12,15H,2,4,7-8H2,1H3;5-7H,1-4H2;7H,1-4H2;1-5H2. The summed E-state index contributed by atoms with van der Waals surface area (Å²) in [6, 6.07) is 28.1. The molecule has 0 saturated heterocycles. The average molecular weight is 1370 g/mol. The van der Waals surface area contributed by atoms with E-state index in [2.05, 4.69) is 110 Å². The van der Waals surface area contributed by atoms with Crippen LogP contribution in [0.5, 0.6) is 11.5 Å². The number of aryl methyl sites for hydroxylation is 3. The van der Waals surface area contributed by atoms with E-state index in [4.69, 9.17) is 19.4 Å². The van der Waals surface area contributed by atoms with Crippen molar-refractivity contribution in [2.45, 2.75) is 151 Å². The lowest BCUT2D eigenvalue weighted by Crippen LogP contribution is -2.30. The number of hydrogen-bond donors (Lipinski definition) is 1. The third-order valence-corrected chi connectivity index (χ3v) is 18.1. The van der Waals surface area contributed by atoms with Crippen molar-refractivity contribution in [3.63, 3.8) is 0 Å². The molecule has 430 valence electrons. The Hall–Kier alpha value is -5.66. The molecule has 14 nitrogen and oxygen atoms in total. The van der Waals surface area contributed by atoms with E-state index in [1.165, 1.54) is 29.8 Å². The van der Waals surface area contributed by atoms with E-state index in [1.807, 2.05) is 75.8 Å². The van der Waals surface area contributed by atoms with Gasteiger partial charge in [0, 0.05) is 81.2 Å². The predicted octanol–water partition coefficient (Wildman–Crippen LogP) is 14.6. The smallest absolute Gasteiger partial charge is 0.181 e. The van der Waals surface area contributed by atoms with Gasteiger partial charge in [0.15, 0.2) is 17.3 Å². The van der Waals surface area contributed by atoms with Gasteiger partial charge >= 0.3 is 0 Å². The summed E-state index contributed by atoms with van der Waals surface area (Å²) in [7, 11) is 3.40. The molecule has 0 bridgehead atoms. The minimum atomic E-state index is -1.11. The molecule has 0 radical (unpaired) electrons. The second-order valence-electron chi connectivity index (χ2n) is 21.4. The van der Waals surface area contributed by atoms with Gasteiger partial charge in [0.05, 0.1) is 49.1 Å². The highest BCUT2D eigenvalue weighted by Crippen LogP contribution is 2.44. The van der Waals surface area contributed by atoms with Crippen LogP contribution in [0.4, 0.5) is 0 Å². The fraction of sp³-hybridized carbons (Fsp3) is 0.406. The van der Waals surface area contributed by atoms with Crippen LogP contribution in [0.15, 0.2) is 117 Å². The van der Waals surface area contributed by atoms with Crippen LogP contribution in [-0.4, -0.2) is 81.2 Å². The monoisotopic (exact) mass is 1360 g/mol. The Kier molecular flexibility index (Phi) is 21.0. The molecule has 2 unspecified atom stereocenters. The number of para-hydroxylation sites is 2. The summed E-state index contributed by atoms with van der Waals surface area (Å²) in [5, 5.41) is 11.8. The third kappa shape index (κ3) is 14.3. The first kappa shape index (κ1) is 60.9. The van der Waals surface area contributed by atoms with Crippen molar-refractivity contribution < 1.29 is 38.6 Å². The normalized spacial score (nSPS) is 19.4. The molecule has 18 heteroatoms. The quantitative estimate of drug-likeness (QED) is 0.0768. The Bertz CT molecular complexity index is 3590. The number of halogens is 4. The van der Waals surface area contributed by atoms with Gasteiger partial charge in [-0.3, -0.25) is 32.8 Å². The molecular weight excluding hydrogens is 1300 g/mol. The number of fused-ring (bicyclic) bond motifs is 9. The second kappa shape index (κ2) is 28.3. The first-order valence-corrected chi connectivity index (χ1v) is 31.7. The average Bonchev–Trinajstić information content (AvgIpc) is 2.94. The Morgan fingerprint density at radius 1 is 0.524 bits per heavy atom. The molecular formula is C64H68Br4N6O8. The Balaban J connectivity index is 0.000000130. The molecule has 82 heavy (non-hydrogen) atoms. The van der Waals surface area contributed by atoms with Gasteiger partial charge in [-0.1, -0.05) is 58.7 Å². The number of aromatic nitrogens is 6. The number of Topliss-reactive ketones (excluding diaryl/α,β-unsaturated/α-hetero) is 5. The predicted molar refractivity (Wildman–Crippen MR) is 331 cm³/mol. The molecule has 2 saturated carbocycles. The van der Waals surface area contributed by atoms with Gasteiger partial charge in [-0.05, 0) is 186 Å². The summed E-state index contributed by atoms with van der Waals surface area (Å²) in [6.07, 6.45) is 23.8. The second-order valence-corrected chi connectivity index (χ2v) is 25.0. The van der Waals surface area contributed by atoms with E-state index < -0.39 is 10.4 Å². The van der Waals surface area contributed by atoms with E-state index in [-0.39, 0.29) is 35.3 Å². The number of aliphatic hydroxyl groups is 1. The van der Waals surface area contributed by atoms with Gasteiger partial charge in [0.1, 0.15) is 56.1 Å². The minimum absolute atomic E-state index is 0.0440. The van der Waals surface area contributed by atoms with Crippen molar-refractivity contribution in [1.29, 1.82) is 0 Å². The molecule has 8 aromatic rings. The number of carbonyl (C=O) groups excluding carboxylic acids is 5. The first-order chi connectivity index (χ1) is 39.7. The number of ether oxygens (including phenoxy) is 2. The topological polar surface area (TPSA) is 176 Å². The zero-order valence-electron chi connectivity index (χ0n) is 46.3. The summed E-state index contributed by atoms with van der Waals surface area (Å²) in [4.78, 5) is 69.0. The Morgan fingerprint density at radius 3 is 1.68 bits per heavy atom. The molecule has 1 N–H and O–H groups in total. The SMILES string of the molecule is COc1ccccc1C1(O)CCCCc2nc3ccc(Br)cn3c21.COc1ccccc1C1CCCCc2nc3ccc(Br)cn3c21.O=C1CCCCC(=O)C1.O=C1CCCCC(=O)C1Br.O=C1CCCCc2nc3ccc(Br)cn3c21. The van der Waals surface area contributed by atoms with Crippen LogP contribution in [0.2, 0.25) is 0 Å². The molecule has 6 aromatic heterocycles. The molecule has 0 spiro atoms. The van der Waals surface area contributed by atoms with E-state index in [1.54, 1.807) is 14.2 Å². The van der Waals surface area contributed by atoms with Gasteiger partial charge in [-0.15, -0.1) is 0 Å². The largest absolute Gasteiger partial charge is 0.496 e. The van der Waals surface area contributed by atoms with E-state index in [0.29, 0.717) is 50.2 Å². The summed E-state index contributed by atoms with van der Waals surface area (Å²) in [6.45, 7) is 0. The van der Waals surface area contributed by atoms with Crippen LogP contribution < -0.4 is 9.47 Å². The van der Waals surface area contributed by atoms with Crippen molar-refractivity contribution in [3.05, 3.63) is 162 Å². The number of alkyl halides is 1. The maximum absolute atomic E-state index is 12.0. The van der Waals surface area contributed by atoms with Crippen LogP contribution in [-0.2, 0) is 44.0 Å². The van der Waals surface area contributed by atoms with E-state index >= 15 is 0 Å². The number of carbonyl (C=O) groups is 5. The highest BCUT2D eigenvalue weighted by Gasteiger charge is 2.41. The molecule has 2 aromatic carbocycles. The highest BCUT2D eigenvalue weighted by molar-refractivity contribution is 9.11. The Labute approximate surface area is 511 Å². The van der Waals surface area contributed by atoms with Gasteiger partial charge in [0.25, 0.3) is 0 Å². The molecule has 0 aliphatic heterocycles. The van der Waals surface area contributed by atoms with Crippen molar-refractivity contribution in [2.24, 2.45) is 0 Å². The summed E-state index contributed by atoms with van der Waals surface area (Å²) in [5.74, 6) is 2.55. The number of nitrogens with zero attached hydrogens (tertiary/aromatic N) is 6. The molecule has 2 fully saturated rings. The zero-order valence-corrected chi connectivity index (χ0v) is 52.7. The minimum Gasteiger partial charge on any atom is -0.496 e. The third-order valence-electron chi connectivity index (χ3n) is 15.7. The first-order valence-electron chi connectivity index (χ1n) is 28.4. The van der Waals surface area contributed by atoms with Gasteiger partial charge in [0.2, 0.25) is 0 Å². The number of rotatable bonds is 4. The molecule has 5 aliphatic carbocycles. The van der Waals surface area contributed by atoms with E-state index in [0.717, 1.165) is 141 Å². The lowest BCUT2D eigenvalue weighted by atomic mass is 9.85. The number of ketones is 5. The molecule has 0 amide bonds. The lowest BCUT2D eigenvalue weighted by Gasteiger charge is -2.29. The number of imidazole rings is 3. The van der Waals surface area contributed by atoms with Crippen LogP contribution in [0.1, 0.15) is 172 Å². The Morgan fingerprint density at radius 2 is 1.01 bits per heavy atom. The van der Waals surface area contributed by atoms with Crippen LogP contribution in [0.3, 0.4) is 0 Å². The summed E-state index contributed by atoms with van der Waals surface area (Å²) < 4.78 is 20.3. The summed E-state index contributed by atoms with van der Waals surface area (Å²) >= 11 is 13.6. The van der Waals surface area contributed by atoms with E-state index in [9.17, 15) is 29.1 Å². The van der Waals surface area contributed by atoms with Crippen molar-refractivity contribution >= 4 is 110 Å². The van der Waals surface area contributed by atoms with Crippen molar-refractivity contribution in [1.82, 2.24) is 28.2 Å². The van der Waals surface area contributed by atoms with Crippen molar-refractivity contribution in [2.75, 3.05) is 14.2 Å². The maximum Gasteiger partial charge on any atom is 0.181 e. The van der Waals surface area contributed by atoms with Crippen molar-refractivity contribution in [3.8, 4) is 11.5 Å². The highest BCUT2D eigenvalue weighted by atomic mass is 79.9. The fourth-order valence-corrected chi connectivity index (χ4v) is 13.2. The van der Waals surface area contributed by atoms with Gasteiger partial charge < -0.3 is 19.0 Å².